The van der Waals surface area contributed by atoms with Gasteiger partial charge in [0, 0.05) is 25.6 Å². The third-order valence-electron chi connectivity index (χ3n) is 3.44. The number of rotatable bonds is 4. The smallest absolute Gasteiger partial charge is 0.330 e. The lowest BCUT2D eigenvalue weighted by atomic mass is 10.1. The van der Waals surface area contributed by atoms with Gasteiger partial charge >= 0.3 is 17.6 Å². The number of hydrogen-bond donors (Lipinski definition) is 1. The van der Waals surface area contributed by atoms with Gasteiger partial charge in [0.25, 0.3) is 5.56 Å². The van der Waals surface area contributed by atoms with E-state index in [1.54, 1.807) is 0 Å². The minimum atomic E-state index is -1.00. The third kappa shape index (κ3) is 3.85. The summed E-state index contributed by atoms with van der Waals surface area (Å²) in [5, 5.41) is -0.919. The molecule has 0 aliphatic carbocycles. The predicted molar refractivity (Wildman–Crippen MR) is 81.8 cm³/mol. The molecule has 4 atom stereocenters. The number of aromatic amines is 1. The molecule has 0 aromatic carbocycles. The zero-order chi connectivity index (χ0) is 18.0. The van der Waals surface area contributed by atoms with Gasteiger partial charge in [-0.3, -0.25) is 23.9 Å². The van der Waals surface area contributed by atoms with Gasteiger partial charge in [-0.25, -0.2) is 4.79 Å². The molecule has 0 amide bonds. The monoisotopic (exact) mass is 360 g/mol. The number of H-pyrrole nitrogens is 1. The molecule has 1 aliphatic rings. The molecule has 9 nitrogen and oxygen atoms in total. The molecule has 0 radical (unpaired) electrons. The van der Waals surface area contributed by atoms with Crippen molar-refractivity contribution in [3.05, 3.63) is 32.6 Å². The molecule has 0 spiro atoms. The quantitative estimate of drug-likeness (QED) is 0.586. The van der Waals surface area contributed by atoms with Crippen LogP contribution in [-0.2, 0) is 23.8 Å². The number of nitrogens with zero attached hydrogens (tertiary/aromatic N) is 1. The molecular weight excluding hydrogens is 344 g/mol. The van der Waals surface area contributed by atoms with Crippen molar-refractivity contribution >= 4 is 23.5 Å². The van der Waals surface area contributed by atoms with E-state index in [-0.39, 0.29) is 12.2 Å². The van der Waals surface area contributed by atoms with Gasteiger partial charge in [-0.2, -0.15) is 0 Å². The van der Waals surface area contributed by atoms with E-state index in [0.717, 1.165) is 4.57 Å². The molecule has 1 N–H and O–H groups in total. The molecule has 132 valence electrons. The number of carbonyl (C=O) groups excluding carboxylic acids is 2. The van der Waals surface area contributed by atoms with E-state index >= 15 is 0 Å². The van der Waals surface area contributed by atoms with Crippen molar-refractivity contribution in [1.29, 1.82) is 0 Å². The molecular formula is C14H17ClN2O7. The minimum Gasteiger partial charge on any atom is -0.463 e. The highest BCUT2D eigenvalue weighted by Crippen LogP contribution is 2.34. The normalized spacial score (nSPS) is 26.2. The Kier molecular flexibility index (Phi) is 5.45. The molecule has 1 fully saturated rings. The van der Waals surface area contributed by atoms with Crippen LogP contribution in [0.15, 0.2) is 15.8 Å². The molecule has 2 heterocycles. The fourth-order valence-corrected chi connectivity index (χ4v) is 2.75. The lowest BCUT2D eigenvalue weighted by Crippen LogP contribution is -2.38. The van der Waals surface area contributed by atoms with Crippen LogP contribution in [0.1, 0.15) is 25.6 Å². The second-order valence-corrected chi connectivity index (χ2v) is 5.87. The van der Waals surface area contributed by atoms with Crippen molar-refractivity contribution in [3.8, 4) is 0 Å². The Balaban J connectivity index is 2.33. The highest BCUT2D eigenvalue weighted by atomic mass is 35.5. The maximum absolute atomic E-state index is 12.0. The van der Waals surface area contributed by atoms with Gasteiger partial charge in [-0.15, -0.1) is 11.6 Å². The number of hydrogen-bond acceptors (Lipinski definition) is 7. The van der Waals surface area contributed by atoms with E-state index < -0.39 is 47.0 Å². The van der Waals surface area contributed by atoms with Gasteiger partial charge in [-0.1, -0.05) is 0 Å². The van der Waals surface area contributed by atoms with Gasteiger partial charge in [0.05, 0.1) is 0 Å². The van der Waals surface area contributed by atoms with Gasteiger partial charge < -0.3 is 14.2 Å². The number of halogens is 1. The maximum Gasteiger partial charge on any atom is 0.330 e. The molecule has 10 heteroatoms. The van der Waals surface area contributed by atoms with E-state index in [0.29, 0.717) is 0 Å². The highest BCUT2D eigenvalue weighted by Gasteiger charge is 2.47. The first-order valence-electron chi connectivity index (χ1n) is 7.13. The van der Waals surface area contributed by atoms with Crippen molar-refractivity contribution in [2.24, 2.45) is 0 Å². The topological polar surface area (TPSA) is 117 Å². The number of aryl methyl sites for hydroxylation is 1. The average molecular weight is 361 g/mol. The molecule has 1 aromatic rings. The fourth-order valence-electron chi connectivity index (χ4n) is 2.36. The van der Waals surface area contributed by atoms with Crippen LogP contribution in [0.25, 0.3) is 0 Å². The Morgan fingerprint density at radius 1 is 1.33 bits per heavy atom. The van der Waals surface area contributed by atoms with Crippen molar-refractivity contribution in [3.63, 3.8) is 0 Å². The van der Waals surface area contributed by atoms with Crippen LogP contribution in [0.4, 0.5) is 0 Å². The third-order valence-corrected chi connectivity index (χ3v) is 3.90. The van der Waals surface area contributed by atoms with Crippen molar-refractivity contribution in [2.45, 2.75) is 44.6 Å². The zero-order valence-corrected chi connectivity index (χ0v) is 14.0. The fraction of sp³-hybridized carbons (Fsp3) is 0.571. The second kappa shape index (κ2) is 7.18. The Hall–Kier alpha value is -2.13. The van der Waals surface area contributed by atoms with E-state index in [4.69, 9.17) is 25.8 Å². The molecule has 0 saturated carbocycles. The van der Waals surface area contributed by atoms with Crippen LogP contribution in [0.3, 0.4) is 0 Å². The first-order chi connectivity index (χ1) is 11.2. The summed E-state index contributed by atoms with van der Waals surface area (Å²) in [6, 6.07) is 0. The minimum absolute atomic E-state index is 0.190. The van der Waals surface area contributed by atoms with Crippen molar-refractivity contribution in [1.82, 2.24) is 9.55 Å². The first-order valence-corrected chi connectivity index (χ1v) is 7.56. The molecule has 1 aromatic heterocycles. The summed E-state index contributed by atoms with van der Waals surface area (Å²) < 4.78 is 16.8. The van der Waals surface area contributed by atoms with E-state index in [1.165, 1.54) is 27.0 Å². The first kappa shape index (κ1) is 18.2. The number of ether oxygens (including phenoxy) is 3. The van der Waals surface area contributed by atoms with E-state index in [2.05, 4.69) is 4.98 Å². The van der Waals surface area contributed by atoms with E-state index in [1.807, 2.05) is 0 Å². The van der Waals surface area contributed by atoms with Crippen molar-refractivity contribution < 1.29 is 23.8 Å². The Bertz CT molecular complexity index is 756. The van der Waals surface area contributed by atoms with Crippen LogP contribution in [0.2, 0.25) is 0 Å². The molecule has 24 heavy (non-hydrogen) atoms. The number of esters is 2. The summed E-state index contributed by atoms with van der Waals surface area (Å²) in [6.07, 6.45) is -1.46. The highest BCUT2D eigenvalue weighted by molar-refractivity contribution is 6.21. The molecule has 0 bridgehead atoms. The standard InChI is InChI=1S/C14H17ClN2O7/c1-6-4-17(14(21)16-12(6)20)13-10(15)11(23-8(3)19)9(24-13)5-22-7(2)18/h4,9-11,13H,5H2,1-3H3,(H,16,20,21)/t9-,10+,11-,13-/m1/s1. The lowest BCUT2D eigenvalue weighted by Gasteiger charge is -2.19. The van der Waals surface area contributed by atoms with Gasteiger partial charge in [0.1, 0.15) is 18.1 Å². The molecule has 1 saturated heterocycles. The van der Waals surface area contributed by atoms with Gasteiger partial charge in [0.2, 0.25) is 0 Å². The largest absolute Gasteiger partial charge is 0.463 e. The molecule has 0 unspecified atom stereocenters. The Labute approximate surface area is 141 Å². The SMILES string of the molecule is CC(=O)OC[C@H]1O[C@@H](n2cc(C)c(=O)[nH]c2=O)[C@@H](Cl)[C@@H]1OC(C)=O. The molecule has 2 rings (SSSR count). The summed E-state index contributed by atoms with van der Waals surface area (Å²) >= 11 is 6.30. The van der Waals surface area contributed by atoms with Crippen LogP contribution >= 0.6 is 11.6 Å². The summed E-state index contributed by atoms with van der Waals surface area (Å²) in [4.78, 5) is 47.9. The summed E-state index contributed by atoms with van der Waals surface area (Å²) in [5.41, 5.74) is -0.945. The summed E-state index contributed by atoms with van der Waals surface area (Å²) in [5.74, 6) is -1.13. The lowest BCUT2D eigenvalue weighted by molar-refractivity contribution is -0.155. The summed E-state index contributed by atoms with van der Waals surface area (Å²) in [7, 11) is 0. The molecule has 1 aliphatic heterocycles. The average Bonchev–Trinajstić information content (AvgIpc) is 2.77. The van der Waals surface area contributed by atoms with Crippen LogP contribution in [0, 0.1) is 6.92 Å². The maximum atomic E-state index is 12.0. The number of aromatic nitrogens is 2. The number of alkyl halides is 1. The second-order valence-electron chi connectivity index (χ2n) is 5.36. The number of carbonyl (C=O) groups is 2. The summed E-state index contributed by atoms with van der Waals surface area (Å²) in [6.45, 7) is 3.76. The van der Waals surface area contributed by atoms with Crippen LogP contribution in [0.5, 0.6) is 0 Å². The zero-order valence-electron chi connectivity index (χ0n) is 13.3. The van der Waals surface area contributed by atoms with Crippen LogP contribution in [-0.4, -0.2) is 45.7 Å². The Morgan fingerprint density at radius 2 is 2.00 bits per heavy atom. The van der Waals surface area contributed by atoms with Gasteiger partial charge in [-0.05, 0) is 6.92 Å². The van der Waals surface area contributed by atoms with Crippen LogP contribution < -0.4 is 11.2 Å². The Morgan fingerprint density at radius 3 is 2.58 bits per heavy atom. The van der Waals surface area contributed by atoms with E-state index in [9.17, 15) is 19.2 Å². The predicted octanol–water partition coefficient (Wildman–Crippen LogP) is -0.155. The van der Waals surface area contributed by atoms with Gasteiger partial charge in [0.15, 0.2) is 12.3 Å². The number of nitrogens with one attached hydrogen (secondary N) is 1. The van der Waals surface area contributed by atoms with Crippen molar-refractivity contribution in [2.75, 3.05) is 6.61 Å².